The van der Waals surface area contributed by atoms with E-state index >= 15 is 0 Å². The van der Waals surface area contributed by atoms with Crippen molar-refractivity contribution < 1.29 is 13.2 Å². The Balaban J connectivity index is 2.16. The molecule has 0 heterocycles. The van der Waals surface area contributed by atoms with E-state index in [1.165, 1.54) is 18.2 Å². The predicted molar refractivity (Wildman–Crippen MR) is 64.1 cm³/mol. The first-order valence-electron chi connectivity index (χ1n) is 5.31. The normalized spacial score (nSPS) is 16.3. The van der Waals surface area contributed by atoms with Crippen LogP contribution >= 0.6 is 11.6 Å². The maximum absolute atomic E-state index is 11.8. The van der Waals surface area contributed by atoms with Gasteiger partial charge >= 0.3 is 0 Å². The molecule has 0 aliphatic heterocycles. The second-order valence-electron chi connectivity index (χ2n) is 4.05. The number of hydrogen-bond acceptors (Lipinski definition) is 3. The summed E-state index contributed by atoms with van der Waals surface area (Å²) in [6.07, 6.45) is 2.50. The maximum atomic E-state index is 11.8. The topological polar surface area (TPSA) is 63.2 Å². The highest BCUT2D eigenvalue weighted by Gasteiger charge is 2.28. The van der Waals surface area contributed by atoms with Gasteiger partial charge in [0.2, 0.25) is 5.91 Å². The molecule has 6 heteroatoms. The minimum Gasteiger partial charge on any atom is -0.274 e. The monoisotopic (exact) mass is 273 g/mol. The number of carbonyl (C=O) groups is 1. The molecule has 1 N–H and O–H groups in total. The molecule has 1 aromatic rings. The molecule has 92 valence electrons. The minimum absolute atomic E-state index is 0.0117. The van der Waals surface area contributed by atoms with E-state index in [1.807, 2.05) is 0 Å². The van der Waals surface area contributed by atoms with Crippen molar-refractivity contribution >= 4 is 27.5 Å². The molecule has 1 amide bonds. The number of nitrogens with one attached hydrogen (secondary N) is 1. The number of hydrogen-bond donors (Lipinski definition) is 1. The van der Waals surface area contributed by atoms with Crippen LogP contribution in [0.3, 0.4) is 0 Å². The van der Waals surface area contributed by atoms with Crippen LogP contribution in [0.25, 0.3) is 0 Å². The van der Waals surface area contributed by atoms with Crippen LogP contribution in [0.5, 0.6) is 0 Å². The third-order valence-corrected chi connectivity index (χ3v) is 4.40. The standard InChI is InChI=1S/C11H12ClNO3S/c12-9-5-2-6-10(7-9)17(15,16)13-11(14)8-3-1-4-8/h2,5-8H,1,3-4H2,(H,13,14). The zero-order valence-corrected chi connectivity index (χ0v) is 10.6. The summed E-state index contributed by atoms with van der Waals surface area (Å²) in [5, 5.41) is 0.323. The van der Waals surface area contributed by atoms with Crippen LogP contribution in [0.4, 0.5) is 0 Å². The number of sulfonamides is 1. The summed E-state index contributed by atoms with van der Waals surface area (Å²) in [5.41, 5.74) is 0. The Kier molecular flexibility index (Phi) is 3.40. The lowest BCUT2D eigenvalue weighted by Crippen LogP contribution is -2.38. The lowest BCUT2D eigenvalue weighted by atomic mass is 9.85. The molecule has 0 saturated heterocycles. The minimum atomic E-state index is -3.79. The van der Waals surface area contributed by atoms with E-state index in [0.717, 1.165) is 19.3 Å². The molecule has 1 aliphatic carbocycles. The Hall–Kier alpha value is -1.07. The molecule has 1 saturated carbocycles. The van der Waals surface area contributed by atoms with Gasteiger partial charge in [-0.2, -0.15) is 0 Å². The molecule has 2 rings (SSSR count). The van der Waals surface area contributed by atoms with Crippen LogP contribution in [-0.2, 0) is 14.8 Å². The highest BCUT2D eigenvalue weighted by Crippen LogP contribution is 2.27. The van der Waals surface area contributed by atoms with Gasteiger partial charge in [0, 0.05) is 10.9 Å². The van der Waals surface area contributed by atoms with Gasteiger partial charge in [0.25, 0.3) is 10.0 Å². The lowest BCUT2D eigenvalue weighted by molar-refractivity contribution is -0.125. The summed E-state index contributed by atoms with van der Waals surface area (Å²) < 4.78 is 25.8. The van der Waals surface area contributed by atoms with Crippen LogP contribution in [0.15, 0.2) is 29.2 Å². The first-order valence-corrected chi connectivity index (χ1v) is 7.17. The highest BCUT2D eigenvalue weighted by molar-refractivity contribution is 7.90. The fraction of sp³-hybridized carbons (Fsp3) is 0.364. The molecular weight excluding hydrogens is 262 g/mol. The SMILES string of the molecule is O=C(NS(=O)(=O)c1cccc(Cl)c1)C1CCC1. The number of benzene rings is 1. The molecule has 0 unspecified atom stereocenters. The smallest absolute Gasteiger partial charge is 0.264 e. The summed E-state index contributed by atoms with van der Waals surface area (Å²) >= 11 is 5.71. The molecule has 1 fully saturated rings. The summed E-state index contributed by atoms with van der Waals surface area (Å²) in [6.45, 7) is 0. The van der Waals surface area contributed by atoms with Gasteiger partial charge in [-0.3, -0.25) is 4.79 Å². The molecule has 17 heavy (non-hydrogen) atoms. The van der Waals surface area contributed by atoms with Crippen LogP contribution in [0.2, 0.25) is 5.02 Å². The zero-order valence-electron chi connectivity index (χ0n) is 9.02. The van der Waals surface area contributed by atoms with Crippen LogP contribution in [-0.4, -0.2) is 14.3 Å². The summed E-state index contributed by atoms with van der Waals surface area (Å²) in [4.78, 5) is 11.6. The third-order valence-electron chi connectivity index (χ3n) is 2.82. The van der Waals surface area contributed by atoms with Crippen molar-refractivity contribution in [1.82, 2.24) is 4.72 Å². The number of halogens is 1. The Labute approximate surface area is 105 Å². The van der Waals surface area contributed by atoms with Gasteiger partial charge in [-0.15, -0.1) is 0 Å². The third kappa shape index (κ3) is 2.79. The van der Waals surface area contributed by atoms with Gasteiger partial charge in [0.1, 0.15) is 0 Å². The Morgan fingerprint density at radius 1 is 1.35 bits per heavy atom. The van der Waals surface area contributed by atoms with E-state index < -0.39 is 15.9 Å². The number of amides is 1. The van der Waals surface area contributed by atoms with Gasteiger partial charge in [-0.25, -0.2) is 13.1 Å². The average Bonchev–Trinajstić information content (AvgIpc) is 2.13. The van der Waals surface area contributed by atoms with Crippen molar-refractivity contribution in [3.63, 3.8) is 0 Å². The van der Waals surface area contributed by atoms with E-state index in [0.29, 0.717) is 5.02 Å². The van der Waals surface area contributed by atoms with Crippen molar-refractivity contribution in [1.29, 1.82) is 0 Å². The van der Waals surface area contributed by atoms with Crippen molar-refractivity contribution in [3.8, 4) is 0 Å². The average molecular weight is 274 g/mol. The first kappa shape index (κ1) is 12.4. The molecule has 1 aromatic carbocycles. The fourth-order valence-corrected chi connectivity index (χ4v) is 2.92. The van der Waals surface area contributed by atoms with Crippen molar-refractivity contribution in [2.75, 3.05) is 0 Å². The summed E-state index contributed by atoms with van der Waals surface area (Å²) in [6, 6.07) is 5.83. The molecule has 1 aliphatic rings. The Morgan fingerprint density at radius 3 is 2.59 bits per heavy atom. The second kappa shape index (κ2) is 4.66. The number of rotatable bonds is 3. The molecule has 0 aromatic heterocycles. The van der Waals surface area contributed by atoms with Gasteiger partial charge in [-0.1, -0.05) is 24.1 Å². The maximum Gasteiger partial charge on any atom is 0.264 e. The Morgan fingerprint density at radius 2 is 2.06 bits per heavy atom. The van der Waals surface area contributed by atoms with Gasteiger partial charge < -0.3 is 0 Å². The summed E-state index contributed by atoms with van der Waals surface area (Å²) in [7, 11) is -3.79. The molecular formula is C11H12ClNO3S. The second-order valence-corrected chi connectivity index (χ2v) is 6.17. The number of carbonyl (C=O) groups excluding carboxylic acids is 1. The predicted octanol–water partition coefficient (Wildman–Crippen LogP) is 1.95. The van der Waals surface area contributed by atoms with E-state index in [-0.39, 0.29) is 10.8 Å². The molecule has 0 bridgehead atoms. The first-order chi connectivity index (χ1) is 7.99. The largest absolute Gasteiger partial charge is 0.274 e. The van der Waals surface area contributed by atoms with Gasteiger partial charge in [-0.05, 0) is 31.0 Å². The molecule has 0 radical (unpaired) electrons. The van der Waals surface area contributed by atoms with E-state index in [1.54, 1.807) is 6.07 Å². The van der Waals surface area contributed by atoms with Crippen LogP contribution in [0, 0.1) is 5.92 Å². The van der Waals surface area contributed by atoms with Gasteiger partial charge in [0.15, 0.2) is 0 Å². The molecule has 0 atom stereocenters. The Bertz CT molecular complexity index is 537. The van der Waals surface area contributed by atoms with Crippen molar-refractivity contribution in [2.45, 2.75) is 24.2 Å². The molecule has 0 spiro atoms. The van der Waals surface area contributed by atoms with Crippen LogP contribution < -0.4 is 4.72 Å². The summed E-state index contributed by atoms with van der Waals surface area (Å²) in [5.74, 6) is -0.583. The van der Waals surface area contributed by atoms with Crippen molar-refractivity contribution in [3.05, 3.63) is 29.3 Å². The van der Waals surface area contributed by atoms with Gasteiger partial charge in [0.05, 0.1) is 4.90 Å². The van der Waals surface area contributed by atoms with Crippen LogP contribution in [0.1, 0.15) is 19.3 Å². The van der Waals surface area contributed by atoms with E-state index in [9.17, 15) is 13.2 Å². The molecule has 4 nitrogen and oxygen atoms in total. The van der Waals surface area contributed by atoms with E-state index in [2.05, 4.69) is 4.72 Å². The van der Waals surface area contributed by atoms with E-state index in [4.69, 9.17) is 11.6 Å². The van der Waals surface area contributed by atoms with Crippen molar-refractivity contribution in [2.24, 2.45) is 5.92 Å². The zero-order chi connectivity index (χ0) is 12.5. The quantitative estimate of drug-likeness (QED) is 0.915. The highest BCUT2D eigenvalue weighted by atomic mass is 35.5. The lowest BCUT2D eigenvalue weighted by Gasteiger charge is -2.23. The fourth-order valence-electron chi connectivity index (χ4n) is 1.58.